The number of benzene rings is 1. The van der Waals surface area contributed by atoms with E-state index in [9.17, 15) is 9.59 Å². The van der Waals surface area contributed by atoms with Crippen molar-refractivity contribution < 1.29 is 14.3 Å². The highest BCUT2D eigenvalue weighted by Crippen LogP contribution is 2.24. The number of amides is 1. The Bertz CT molecular complexity index is 764. The third-order valence-corrected chi connectivity index (χ3v) is 4.48. The van der Waals surface area contributed by atoms with Gasteiger partial charge in [0, 0.05) is 25.6 Å². The number of nitrogens with zero attached hydrogens (tertiary/aromatic N) is 1. The normalized spacial score (nSPS) is 17.1. The van der Waals surface area contributed by atoms with Crippen LogP contribution in [0.1, 0.15) is 45.4 Å². The van der Waals surface area contributed by atoms with E-state index in [1.165, 1.54) is 6.92 Å². The zero-order valence-corrected chi connectivity index (χ0v) is 14.3. The Morgan fingerprint density at radius 3 is 2.54 bits per heavy atom. The molecule has 0 spiro atoms. The van der Waals surface area contributed by atoms with Gasteiger partial charge in [-0.1, -0.05) is 18.2 Å². The summed E-state index contributed by atoms with van der Waals surface area (Å²) in [7, 11) is 0. The molecule has 0 saturated carbocycles. The zero-order valence-electron chi connectivity index (χ0n) is 14.3. The molecule has 1 amide bonds. The van der Waals surface area contributed by atoms with Crippen LogP contribution in [0.4, 0.5) is 0 Å². The molecular formula is C19H22N2O3. The maximum Gasteiger partial charge on any atom is 0.256 e. The first kappa shape index (κ1) is 16.3. The van der Waals surface area contributed by atoms with Crippen LogP contribution in [0.25, 0.3) is 0 Å². The molecule has 2 aromatic rings. The summed E-state index contributed by atoms with van der Waals surface area (Å²) in [6, 6.07) is 9.65. The van der Waals surface area contributed by atoms with E-state index in [0.29, 0.717) is 24.3 Å². The molecule has 126 valence electrons. The summed E-state index contributed by atoms with van der Waals surface area (Å²) in [5, 5.41) is 0. The molecule has 0 aliphatic carbocycles. The lowest BCUT2D eigenvalue weighted by atomic mass is 10.1. The molecule has 3 rings (SSSR count). The molecule has 1 N–H and O–H groups in total. The fraction of sp³-hybridized carbons (Fsp3) is 0.368. The molecule has 1 atom stereocenters. The van der Waals surface area contributed by atoms with Gasteiger partial charge in [0.1, 0.15) is 11.9 Å². The monoisotopic (exact) mass is 326 g/mol. The quantitative estimate of drug-likeness (QED) is 0.878. The van der Waals surface area contributed by atoms with Crippen LogP contribution >= 0.6 is 0 Å². The molecule has 5 heteroatoms. The average Bonchev–Trinajstić information content (AvgIpc) is 3.12. The van der Waals surface area contributed by atoms with Gasteiger partial charge in [0.25, 0.3) is 5.91 Å². The van der Waals surface area contributed by atoms with Crippen LogP contribution in [0.5, 0.6) is 5.75 Å². The first-order valence-electron chi connectivity index (χ1n) is 8.18. The number of rotatable bonds is 4. The van der Waals surface area contributed by atoms with Gasteiger partial charge in [-0.2, -0.15) is 0 Å². The summed E-state index contributed by atoms with van der Waals surface area (Å²) in [5.41, 5.74) is 2.61. The van der Waals surface area contributed by atoms with Crippen LogP contribution in [0.2, 0.25) is 0 Å². The topological polar surface area (TPSA) is 62.4 Å². The lowest BCUT2D eigenvalue weighted by Crippen LogP contribution is -2.31. The third-order valence-electron chi connectivity index (χ3n) is 4.48. The van der Waals surface area contributed by atoms with Gasteiger partial charge in [-0.15, -0.1) is 0 Å². The van der Waals surface area contributed by atoms with Crippen molar-refractivity contribution in [2.75, 3.05) is 13.1 Å². The van der Waals surface area contributed by atoms with E-state index in [2.05, 4.69) is 4.98 Å². The number of hydrogen-bond donors (Lipinski definition) is 1. The van der Waals surface area contributed by atoms with E-state index in [1.54, 1.807) is 4.90 Å². The molecule has 2 heterocycles. The Labute approximate surface area is 141 Å². The van der Waals surface area contributed by atoms with E-state index in [1.807, 2.05) is 44.2 Å². The summed E-state index contributed by atoms with van der Waals surface area (Å²) in [6.07, 6.45) is 0.811. The molecule has 0 bridgehead atoms. The summed E-state index contributed by atoms with van der Waals surface area (Å²) in [4.78, 5) is 29.4. The van der Waals surface area contributed by atoms with Crippen LogP contribution in [0.3, 0.4) is 0 Å². The highest BCUT2D eigenvalue weighted by Gasteiger charge is 2.31. The molecule has 1 aliphatic rings. The Morgan fingerprint density at radius 1 is 1.21 bits per heavy atom. The van der Waals surface area contributed by atoms with Crippen LogP contribution in [-0.4, -0.2) is 40.8 Å². The van der Waals surface area contributed by atoms with Crippen molar-refractivity contribution >= 4 is 11.7 Å². The first-order chi connectivity index (χ1) is 11.5. The Morgan fingerprint density at radius 2 is 1.92 bits per heavy atom. The Hall–Kier alpha value is -2.56. The highest BCUT2D eigenvalue weighted by atomic mass is 16.5. The van der Waals surface area contributed by atoms with Crippen molar-refractivity contribution in [3.05, 3.63) is 52.8 Å². The lowest BCUT2D eigenvalue weighted by molar-refractivity contribution is 0.0771. The summed E-state index contributed by atoms with van der Waals surface area (Å²) < 4.78 is 5.94. The van der Waals surface area contributed by atoms with Crippen LogP contribution in [-0.2, 0) is 0 Å². The fourth-order valence-corrected chi connectivity index (χ4v) is 3.28. The van der Waals surface area contributed by atoms with E-state index < -0.39 is 0 Å². The number of nitrogens with one attached hydrogen (secondary N) is 1. The SMILES string of the molecule is CC(=O)c1[nH]c(C)c(C(=O)N2CCC(Oc3ccccc3)C2)c1C. The average molecular weight is 326 g/mol. The number of carbonyl (C=O) groups excluding carboxylic acids is 2. The minimum Gasteiger partial charge on any atom is -0.489 e. The molecule has 0 radical (unpaired) electrons. The molecule has 1 aliphatic heterocycles. The molecule has 1 saturated heterocycles. The van der Waals surface area contributed by atoms with Crippen molar-refractivity contribution in [1.82, 2.24) is 9.88 Å². The maximum absolute atomic E-state index is 12.9. The Kier molecular flexibility index (Phi) is 4.42. The number of H-pyrrole nitrogens is 1. The standard InChI is InChI=1S/C19H22N2O3/c1-12-17(13(2)20-18(12)14(3)22)19(23)21-10-9-16(11-21)24-15-7-5-4-6-8-15/h4-8,16,20H,9-11H2,1-3H3. The molecular weight excluding hydrogens is 304 g/mol. The molecule has 1 aromatic heterocycles. The second-order valence-corrected chi connectivity index (χ2v) is 6.27. The van der Waals surface area contributed by atoms with Gasteiger partial charge in [0.15, 0.2) is 5.78 Å². The minimum absolute atomic E-state index is 0.00295. The van der Waals surface area contributed by atoms with E-state index in [-0.39, 0.29) is 17.8 Å². The number of Topliss-reactive ketones (excluding diaryl/α,β-unsaturated/α-hetero) is 1. The molecule has 5 nitrogen and oxygen atoms in total. The van der Waals surface area contributed by atoms with Crippen LogP contribution < -0.4 is 4.74 Å². The fourth-order valence-electron chi connectivity index (χ4n) is 3.28. The second kappa shape index (κ2) is 6.51. The number of aromatic nitrogens is 1. The molecule has 1 unspecified atom stereocenters. The van der Waals surface area contributed by atoms with Crippen LogP contribution in [0, 0.1) is 13.8 Å². The number of para-hydroxylation sites is 1. The van der Waals surface area contributed by atoms with Crippen LogP contribution in [0.15, 0.2) is 30.3 Å². The van der Waals surface area contributed by atoms with Crippen molar-refractivity contribution in [3.8, 4) is 5.75 Å². The van der Waals surface area contributed by atoms with Gasteiger partial charge >= 0.3 is 0 Å². The number of ether oxygens (including phenoxy) is 1. The molecule has 1 fully saturated rings. The van der Waals surface area contributed by atoms with Crippen molar-refractivity contribution in [1.29, 1.82) is 0 Å². The van der Waals surface area contributed by atoms with Gasteiger partial charge < -0.3 is 14.6 Å². The predicted octanol–water partition coefficient (Wildman–Crippen LogP) is 3.13. The summed E-state index contributed by atoms with van der Waals surface area (Å²) in [6.45, 7) is 6.39. The summed E-state index contributed by atoms with van der Waals surface area (Å²) >= 11 is 0. The first-order valence-corrected chi connectivity index (χ1v) is 8.18. The maximum atomic E-state index is 12.9. The predicted molar refractivity (Wildman–Crippen MR) is 91.6 cm³/mol. The van der Waals surface area contributed by atoms with Crippen molar-refractivity contribution in [3.63, 3.8) is 0 Å². The van der Waals surface area contributed by atoms with Gasteiger partial charge in [-0.05, 0) is 31.5 Å². The van der Waals surface area contributed by atoms with Gasteiger partial charge in [0.2, 0.25) is 0 Å². The van der Waals surface area contributed by atoms with E-state index >= 15 is 0 Å². The van der Waals surface area contributed by atoms with Gasteiger partial charge in [0.05, 0.1) is 17.8 Å². The number of aromatic amines is 1. The van der Waals surface area contributed by atoms with Gasteiger partial charge in [-0.25, -0.2) is 0 Å². The Balaban J connectivity index is 1.72. The molecule has 1 aromatic carbocycles. The molecule has 24 heavy (non-hydrogen) atoms. The lowest BCUT2D eigenvalue weighted by Gasteiger charge is -2.18. The second-order valence-electron chi connectivity index (χ2n) is 6.27. The van der Waals surface area contributed by atoms with Crippen molar-refractivity contribution in [2.24, 2.45) is 0 Å². The smallest absolute Gasteiger partial charge is 0.256 e. The number of carbonyl (C=O) groups is 2. The van der Waals surface area contributed by atoms with Crippen molar-refractivity contribution in [2.45, 2.75) is 33.3 Å². The van der Waals surface area contributed by atoms with E-state index in [4.69, 9.17) is 4.74 Å². The summed E-state index contributed by atoms with van der Waals surface area (Å²) in [5.74, 6) is 0.735. The highest BCUT2D eigenvalue weighted by molar-refractivity contribution is 6.02. The number of aryl methyl sites for hydroxylation is 1. The zero-order chi connectivity index (χ0) is 17.3. The minimum atomic E-state index is -0.0543. The van der Waals surface area contributed by atoms with E-state index in [0.717, 1.165) is 23.4 Å². The third kappa shape index (κ3) is 3.07. The number of likely N-dealkylation sites (tertiary alicyclic amines) is 1. The van der Waals surface area contributed by atoms with Gasteiger partial charge in [-0.3, -0.25) is 9.59 Å². The number of ketones is 1. The largest absolute Gasteiger partial charge is 0.489 e. The number of hydrogen-bond acceptors (Lipinski definition) is 3.